The van der Waals surface area contributed by atoms with Crippen molar-refractivity contribution in [1.82, 2.24) is 15.0 Å². The lowest BCUT2D eigenvalue weighted by Gasteiger charge is -2.13. The van der Waals surface area contributed by atoms with Crippen molar-refractivity contribution in [3.63, 3.8) is 0 Å². The number of rotatable bonds is 3. The Morgan fingerprint density at radius 3 is 2.53 bits per heavy atom. The molecule has 0 fully saturated rings. The van der Waals surface area contributed by atoms with Gasteiger partial charge in [-0.15, -0.1) is 5.10 Å². The van der Waals surface area contributed by atoms with Gasteiger partial charge in [0.05, 0.1) is 23.2 Å². The average molecular weight is 235 g/mol. The standard InChI is InChI=1S/C12H14FN3O/c1-12(2,17)7-10-8-16(15-14-10)11-5-3-9(13)4-6-11/h3-6,8,17H,7H2,1-2H3. The Hall–Kier alpha value is -1.75. The third-order valence-electron chi connectivity index (χ3n) is 2.25. The average Bonchev–Trinajstić information content (AvgIpc) is 2.64. The smallest absolute Gasteiger partial charge is 0.123 e. The van der Waals surface area contributed by atoms with Gasteiger partial charge in [0.15, 0.2) is 0 Å². The topological polar surface area (TPSA) is 50.9 Å². The van der Waals surface area contributed by atoms with Crippen LogP contribution in [0.2, 0.25) is 0 Å². The minimum atomic E-state index is -0.816. The van der Waals surface area contributed by atoms with Crippen LogP contribution in [-0.2, 0) is 6.42 Å². The fraction of sp³-hybridized carbons (Fsp3) is 0.333. The molecule has 4 nitrogen and oxygen atoms in total. The van der Waals surface area contributed by atoms with Crippen molar-refractivity contribution < 1.29 is 9.50 Å². The molecule has 0 bridgehead atoms. The van der Waals surface area contributed by atoms with Crippen LogP contribution in [0.4, 0.5) is 4.39 Å². The molecular weight excluding hydrogens is 221 g/mol. The molecule has 5 heteroatoms. The summed E-state index contributed by atoms with van der Waals surface area (Å²) in [6.07, 6.45) is 2.15. The Morgan fingerprint density at radius 2 is 1.94 bits per heavy atom. The lowest BCUT2D eigenvalue weighted by Crippen LogP contribution is -2.22. The molecule has 1 aromatic carbocycles. The fourth-order valence-electron chi connectivity index (χ4n) is 1.54. The van der Waals surface area contributed by atoms with Crippen LogP contribution in [0.1, 0.15) is 19.5 Å². The zero-order valence-electron chi connectivity index (χ0n) is 9.76. The molecular formula is C12H14FN3O. The fourth-order valence-corrected chi connectivity index (χ4v) is 1.54. The van der Waals surface area contributed by atoms with Gasteiger partial charge in [-0.1, -0.05) is 5.21 Å². The number of hydrogen-bond acceptors (Lipinski definition) is 3. The van der Waals surface area contributed by atoms with Gasteiger partial charge < -0.3 is 5.11 Å². The number of nitrogens with zero attached hydrogens (tertiary/aromatic N) is 3. The summed E-state index contributed by atoms with van der Waals surface area (Å²) in [6.45, 7) is 3.42. The third kappa shape index (κ3) is 3.10. The van der Waals surface area contributed by atoms with Crippen LogP contribution >= 0.6 is 0 Å². The molecule has 0 radical (unpaired) electrons. The van der Waals surface area contributed by atoms with Gasteiger partial charge in [-0.2, -0.15) is 0 Å². The Bertz CT molecular complexity index is 499. The molecule has 0 aliphatic heterocycles. The number of halogens is 1. The Labute approximate surface area is 98.7 Å². The molecule has 0 aliphatic rings. The van der Waals surface area contributed by atoms with Crippen molar-refractivity contribution in [3.8, 4) is 5.69 Å². The van der Waals surface area contributed by atoms with E-state index in [1.807, 2.05) is 0 Å². The second-order valence-electron chi connectivity index (χ2n) is 4.62. The van der Waals surface area contributed by atoms with Crippen LogP contribution in [0, 0.1) is 5.82 Å². The first-order valence-corrected chi connectivity index (χ1v) is 5.34. The highest BCUT2D eigenvalue weighted by Crippen LogP contribution is 2.12. The van der Waals surface area contributed by atoms with E-state index in [0.717, 1.165) is 5.69 Å². The van der Waals surface area contributed by atoms with Crippen molar-refractivity contribution in [2.45, 2.75) is 25.9 Å². The van der Waals surface area contributed by atoms with Crippen molar-refractivity contribution in [2.24, 2.45) is 0 Å². The van der Waals surface area contributed by atoms with E-state index in [2.05, 4.69) is 10.3 Å². The highest BCUT2D eigenvalue weighted by Gasteiger charge is 2.16. The van der Waals surface area contributed by atoms with E-state index in [9.17, 15) is 9.50 Å². The van der Waals surface area contributed by atoms with Gasteiger partial charge in [0.25, 0.3) is 0 Å². The summed E-state index contributed by atoms with van der Waals surface area (Å²) in [5, 5.41) is 17.6. The van der Waals surface area contributed by atoms with Crippen LogP contribution in [0.15, 0.2) is 30.5 Å². The summed E-state index contributed by atoms with van der Waals surface area (Å²) < 4.78 is 14.3. The Balaban J connectivity index is 2.21. The molecule has 0 saturated heterocycles. The molecule has 0 saturated carbocycles. The molecule has 0 spiro atoms. The molecule has 0 aliphatic carbocycles. The second kappa shape index (κ2) is 4.25. The van der Waals surface area contributed by atoms with Crippen LogP contribution in [0.5, 0.6) is 0 Å². The van der Waals surface area contributed by atoms with E-state index >= 15 is 0 Å². The summed E-state index contributed by atoms with van der Waals surface area (Å²) >= 11 is 0. The lowest BCUT2D eigenvalue weighted by molar-refractivity contribution is 0.0799. The molecule has 0 amide bonds. The number of aliphatic hydroxyl groups is 1. The second-order valence-corrected chi connectivity index (χ2v) is 4.62. The molecule has 90 valence electrons. The van der Waals surface area contributed by atoms with Gasteiger partial charge >= 0.3 is 0 Å². The van der Waals surface area contributed by atoms with Gasteiger partial charge in [-0.05, 0) is 38.1 Å². The van der Waals surface area contributed by atoms with E-state index in [0.29, 0.717) is 12.1 Å². The zero-order valence-corrected chi connectivity index (χ0v) is 9.76. The van der Waals surface area contributed by atoms with E-state index in [1.54, 1.807) is 36.9 Å². The van der Waals surface area contributed by atoms with Crippen LogP contribution < -0.4 is 0 Å². The molecule has 0 unspecified atom stereocenters. The van der Waals surface area contributed by atoms with Crippen LogP contribution in [-0.4, -0.2) is 25.7 Å². The predicted molar refractivity (Wildman–Crippen MR) is 61.3 cm³/mol. The summed E-state index contributed by atoms with van der Waals surface area (Å²) in [5.74, 6) is -0.286. The summed E-state index contributed by atoms with van der Waals surface area (Å²) in [4.78, 5) is 0. The minimum Gasteiger partial charge on any atom is -0.390 e. The normalized spacial score (nSPS) is 11.8. The Morgan fingerprint density at radius 1 is 1.29 bits per heavy atom. The quantitative estimate of drug-likeness (QED) is 0.881. The number of aromatic nitrogens is 3. The number of hydrogen-bond donors (Lipinski definition) is 1. The maximum atomic E-state index is 12.8. The molecule has 2 rings (SSSR count). The summed E-state index contributed by atoms with van der Waals surface area (Å²) in [7, 11) is 0. The molecule has 1 aromatic heterocycles. The zero-order chi connectivity index (χ0) is 12.5. The van der Waals surface area contributed by atoms with Crippen LogP contribution in [0.3, 0.4) is 0 Å². The highest BCUT2D eigenvalue weighted by atomic mass is 19.1. The third-order valence-corrected chi connectivity index (χ3v) is 2.25. The maximum Gasteiger partial charge on any atom is 0.123 e. The van der Waals surface area contributed by atoms with Gasteiger partial charge in [-0.3, -0.25) is 0 Å². The maximum absolute atomic E-state index is 12.8. The molecule has 1 N–H and O–H groups in total. The Kier molecular flexibility index (Phi) is 2.93. The molecule has 17 heavy (non-hydrogen) atoms. The van der Waals surface area contributed by atoms with E-state index in [1.165, 1.54) is 12.1 Å². The molecule has 0 atom stereocenters. The summed E-state index contributed by atoms with van der Waals surface area (Å²) in [5.41, 5.74) is 0.617. The largest absolute Gasteiger partial charge is 0.390 e. The van der Waals surface area contributed by atoms with E-state index < -0.39 is 5.60 Å². The van der Waals surface area contributed by atoms with Crippen molar-refractivity contribution in [3.05, 3.63) is 42.0 Å². The predicted octanol–water partition coefficient (Wildman–Crippen LogP) is 1.72. The summed E-state index contributed by atoms with van der Waals surface area (Å²) in [6, 6.07) is 5.98. The monoisotopic (exact) mass is 235 g/mol. The SMILES string of the molecule is CC(C)(O)Cc1cn(-c2ccc(F)cc2)nn1. The van der Waals surface area contributed by atoms with Crippen molar-refractivity contribution in [2.75, 3.05) is 0 Å². The van der Waals surface area contributed by atoms with E-state index in [4.69, 9.17) is 0 Å². The van der Waals surface area contributed by atoms with Crippen molar-refractivity contribution in [1.29, 1.82) is 0 Å². The van der Waals surface area contributed by atoms with Gasteiger partial charge in [0, 0.05) is 6.42 Å². The van der Waals surface area contributed by atoms with E-state index in [-0.39, 0.29) is 5.82 Å². The first kappa shape index (κ1) is 11.7. The molecule has 2 aromatic rings. The lowest BCUT2D eigenvalue weighted by atomic mass is 10.0. The molecule has 1 heterocycles. The number of benzene rings is 1. The highest BCUT2D eigenvalue weighted by molar-refractivity contribution is 5.30. The first-order valence-electron chi connectivity index (χ1n) is 5.34. The van der Waals surface area contributed by atoms with Gasteiger partial charge in [0.2, 0.25) is 0 Å². The minimum absolute atomic E-state index is 0.286. The van der Waals surface area contributed by atoms with Gasteiger partial charge in [0.1, 0.15) is 5.82 Å². The van der Waals surface area contributed by atoms with Gasteiger partial charge in [-0.25, -0.2) is 9.07 Å². The first-order chi connectivity index (χ1) is 7.94. The van der Waals surface area contributed by atoms with Crippen LogP contribution in [0.25, 0.3) is 5.69 Å². The van der Waals surface area contributed by atoms with Crippen molar-refractivity contribution >= 4 is 0 Å².